The summed E-state index contributed by atoms with van der Waals surface area (Å²) in [4.78, 5) is 27.2. The molecule has 0 aliphatic carbocycles. The van der Waals surface area contributed by atoms with E-state index in [2.05, 4.69) is 10.3 Å². The van der Waals surface area contributed by atoms with Crippen molar-refractivity contribution in [3.8, 4) is 5.75 Å². The first-order chi connectivity index (χ1) is 11.2. The predicted molar refractivity (Wildman–Crippen MR) is 84.9 cm³/mol. The molecular formula is C16H24N2O6. The number of aliphatic hydroxyl groups excluding tert-OH is 1. The van der Waals surface area contributed by atoms with Crippen molar-refractivity contribution >= 4 is 12.1 Å². The van der Waals surface area contributed by atoms with Crippen LogP contribution in [0, 0.1) is 12.8 Å². The zero-order valence-electron chi connectivity index (χ0n) is 14.3. The van der Waals surface area contributed by atoms with Crippen LogP contribution in [0.3, 0.4) is 0 Å². The van der Waals surface area contributed by atoms with Crippen molar-refractivity contribution < 1.29 is 29.3 Å². The van der Waals surface area contributed by atoms with E-state index in [0.717, 1.165) is 0 Å². The fraction of sp³-hybridized carbons (Fsp3) is 0.562. The Morgan fingerprint density at radius 1 is 1.29 bits per heavy atom. The molecule has 1 heterocycles. The van der Waals surface area contributed by atoms with E-state index in [1.807, 2.05) is 13.8 Å². The lowest BCUT2D eigenvalue weighted by Gasteiger charge is -2.16. The second kappa shape index (κ2) is 9.07. The van der Waals surface area contributed by atoms with Gasteiger partial charge in [0.25, 0.3) is 0 Å². The molecule has 24 heavy (non-hydrogen) atoms. The molecule has 0 aliphatic rings. The van der Waals surface area contributed by atoms with E-state index in [9.17, 15) is 19.8 Å². The van der Waals surface area contributed by atoms with Gasteiger partial charge in [0.15, 0.2) is 0 Å². The Morgan fingerprint density at radius 2 is 1.96 bits per heavy atom. The van der Waals surface area contributed by atoms with Crippen LogP contribution in [-0.2, 0) is 27.4 Å². The molecule has 1 aromatic rings. The Labute approximate surface area is 140 Å². The maximum absolute atomic E-state index is 11.7. The van der Waals surface area contributed by atoms with E-state index < -0.39 is 18.4 Å². The van der Waals surface area contributed by atoms with Crippen molar-refractivity contribution in [2.45, 2.75) is 53.6 Å². The lowest BCUT2D eigenvalue weighted by Crippen LogP contribution is -2.30. The third-order valence-corrected chi connectivity index (χ3v) is 3.16. The van der Waals surface area contributed by atoms with Gasteiger partial charge in [-0.3, -0.25) is 9.78 Å². The topological polar surface area (TPSA) is 118 Å². The van der Waals surface area contributed by atoms with Gasteiger partial charge in [-0.05, 0) is 12.8 Å². The van der Waals surface area contributed by atoms with Crippen LogP contribution < -0.4 is 5.32 Å². The fourth-order valence-electron chi connectivity index (χ4n) is 1.96. The molecule has 0 bridgehead atoms. The zero-order chi connectivity index (χ0) is 18.3. The quantitative estimate of drug-likeness (QED) is 0.511. The molecule has 8 heteroatoms. The molecule has 0 aromatic carbocycles. The number of esters is 1. The summed E-state index contributed by atoms with van der Waals surface area (Å²) in [6, 6.07) is 0. The summed E-state index contributed by atoms with van der Waals surface area (Å²) < 4.78 is 9.87. The van der Waals surface area contributed by atoms with Gasteiger partial charge >= 0.3 is 12.1 Å². The third-order valence-electron chi connectivity index (χ3n) is 3.16. The molecule has 1 amide bonds. The Morgan fingerprint density at radius 3 is 2.54 bits per heavy atom. The van der Waals surface area contributed by atoms with E-state index in [1.54, 1.807) is 6.92 Å². The highest BCUT2D eigenvalue weighted by molar-refractivity contribution is 5.70. The molecule has 0 saturated carbocycles. The minimum atomic E-state index is -1.03. The Bertz CT molecular complexity index is 588. The number of amides is 1. The molecule has 8 nitrogen and oxygen atoms in total. The van der Waals surface area contributed by atoms with Gasteiger partial charge < -0.3 is 25.0 Å². The molecule has 134 valence electrons. The van der Waals surface area contributed by atoms with Crippen LogP contribution in [0.25, 0.3) is 0 Å². The van der Waals surface area contributed by atoms with E-state index >= 15 is 0 Å². The summed E-state index contributed by atoms with van der Waals surface area (Å²) in [5.74, 6) is -0.401. The Hall–Kier alpha value is -2.35. The average Bonchev–Trinajstić information content (AvgIpc) is 2.47. The monoisotopic (exact) mass is 340 g/mol. The van der Waals surface area contributed by atoms with Crippen LogP contribution in [0.1, 0.15) is 44.0 Å². The van der Waals surface area contributed by atoms with Crippen LogP contribution >= 0.6 is 0 Å². The maximum atomic E-state index is 11.7. The Balaban J connectivity index is 2.55. The second-order valence-corrected chi connectivity index (χ2v) is 5.77. The number of carbonyl (C=O) groups excluding carboxylic acids is 2. The average molecular weight is 340 g/mol. The van der Waals surface area contributed by atoms with Crippen molar-refractivity contribution in [3.05, 3.63) is 23.0 Å². The smallest absolute Gasteiger partial charge is 0.410 e. The van der Waals surface area contributed by atoms with Crippen LogP contribution in [-0.4, -0.2) is 33.5 Å². The van der Waals surface area contributed by atoms with Crippen LogP contribution in [0.15, 0.2) is 6.20 Å². The maximum Gasteiger partial charge on any atom is 0.410 e. The van der Waals surface area contributed by atoms with Gasteiger partial charge in [-0.2, -0.15) is 0 Å². The van der Waals surface area contributed by atoms with Crippen LogP contribution in [0.4, 0.5) is 4.79 Å². The third kappa shape index (κ3) is 6.04. The molecule has 0 aliphatic heterocycles. The summed E-state index contributed by atoms with van der Waals surface area (Å²) in [5.41, 5.74) is 1.13. The summed E-state index contributed by atoms with van der Waals surface area (Å²) in [6.07, 6.45) is -0.175. The van der Waals surface area contributed by atoms with E-state index in [1.165, 1.54) is 13.1 Å². The number of aliphatic hydroxyl groups is 1. The number of ether oxygens (including phenoxy) is 2. The number of nitrogens with zero attached hydrogens (tertiary/aromatic N) is 1. The number of hydrogen-bond acceptors (Lipinski definition) is 7. The number of carbonyl (C=O) groups is 2. The first-order valence-electron chi connectivity index (χ1n) is 7.65. The largest absolute Gasteiger partial charge is 0.506 e. The van der Waals surface area contributed by atoms with Gasteiger partial charge in [-0.15, -0.1) is 0 Å². The number of aromatic hydroxyl groups is 1. The summed E-state index contributed by atoms with van der Waals surface area (Å²) in [7, 11) is 0. The second-order valence-electron chi connectivity index (χ2n) is 5.77. The number of aromatic nitrogens is 1. The molecular weight excluding hydrogens is 316 g/mol. The molecule has 1 rings (SSSR count). The predicted octanol–water partition coefficient (Wildman–Crippen LogP) is 1.75. The lowest BCUT2D eigenvalue weighted by molar-refractivity contribution is -0.165. The van der Waals surface area contributed by atoms with Gasteiger partial charge in [-0.1, -0.05) is 13.8 Å². The molecule has 0 spiro atoms. The van der Waals surface area contributed by atoms with E-state index in [4.69, 9.17) is 9.47 Å². The first kappa shape index (κ1) is 19.7. The standard InChI is InChI=1S/C16H24N2O6/c1-9(2)5-14(20)23-11(4)24-16(22)18-7-13-12(8-19)6-17-10(3)15(13)21/h6,9,11,19,21H,5,7-8H2,1-4H3,(H,18,22). The number of alkyl carbamates (subject to hydrolysis) is 1. The minimum absolute atomic E-state index is 0.0589. The number of rotatable bonds is 7. The van der Waals surface area contributed by atoms with Crippen LogP contribution in [0.2, 0.25) is 0 Å². The van der Waals surface area contributed by atoms with E-state index in [0.29, 0.717) is 16.8 Å². The van der Waals surface area contributed by atoms with Gasteiger partial charge in [0, 0.05) is 30.7 Å². The molecule has 0 saturated heterocycles. The molecule has 0 fully saturated rings. The van der Waals surface area contributed by atoms with Gasteiger partial charge in [0.05, 0.1) is 18.8 Å². The normalized spacial score (nSPS) is 11.9. The number of aryl methyl sites for hydroxylation is 1. The molecule has 1 aromatic heterocycles. The molecule has 0 radical (unpaired) electrons. The number of hydrogen-bond donors (Lipinski definition) is 3. The summed E-state index contributed by atoms with van der Waals surface area (Å²) in [6.45, 7) is 6.41. The molecule has 3 N–H and O–H groups in total. The van der Waals surface area contributed by atoms with Crippen LogP contribution in [0.5, 0.6) is 5.75 Å². The van der Waals surface area contributed by atoms with Crippen molar-refractivity contribution in [3.63, 3.8) is 0 Å². The van der Waals surface area contributed by atoms with Gasteiger partial charge in [0.1, 0.15) is 5.75 Å². The molecule has 1 unspecified atom stereocenters. The highest BCUT2D eigenvalue weighted by Crippen LogP contribution is 2.23. The zero-order valence-corrected chi connectivity index (χ0v) is 14.3. The van der Waals surface area contributed by atoms with Crippen molar-refractivity contribution in [1.82, 2.24) is 10.3 Å². The van der Waals surface area contributed by atoms with Gasteiger partial charge in [-0.25, -0.2) is 4.79 Å². The summed E-state index contributed by atoms with van der Waals surface area (Å²) in [5, 5.41) is 21.7. The van der Waals surface area contributed by atoms with Gasteiger partial charge in [0.2, 0.25) is 6.29 Å². The fourth-order valence-corrected chi connectivity index (χ4v) is 1.96. The van der Waals surface area contributed by atoms with E-state index in [-0.39, 0.29) is 31.2 Å². The van der Waals surface area contributed by atoms with Crippen molar-refractivity contribution in [2.75, 3.05) is 0 Å². The highest BCUT2D eigenvalue weighted by Gasteiger charge is 2.17. The summed E-state index contributed by atoms with van der Waals surface area (Å²) >= 11 is 0. The SMILES string of the molecule is Cc1ncc(CO)c(CNC(=O)OC(C)OC(=O)CC(C)C)c1O. The lowest BCUT2D eigenvalue weighted by atomic mass is 10.1. The number of nitrogens with one attached hydrogen (secondary N) is 1. The van der Waals surface area contributed by atoms with Crippen molar-refractivity contribution in [1.29, 1.82) is 0 Å². The van der Waals surface area contributed by atoms with Crippen molar-refractivity contribution in [2.24, 2.45) is 5.92 Å². The highest BCUT2D eigenvalue weighted by atomic mass is 16.7. The molecule has 1 atom stereocenters. The number of pyridine rings is 1. The minimum Gasteiger partial charge on any atom is -0.506 e. The first-order valence-corrected chi connectivity index (χ1v) is 7.65. The Kier molecular flexibility index (Phi) is 7.44.